The lowest BCUT2D eigenvalue weighted by atomic mass is 10.1. The fraction of sp³-hybridized carbons (Fsp3) is 0.545. The van der Waals surface area contributed by atoms with E-state index in [9.17, 15) is 8.42 Å². The molecular weight excluding hydrogens is 304 g/mol. The summed E-state index contributed by atoms with van der Waals surface area (Å²) in [6.07, 6.45) is 2.80. The van der Waals surface area contributed by atoms with Crippen molar-refractivity contribution in [3.63, 3.8) is 0 Å². The average Bonchev–Trinajstić information content (AvgIpc) is 2.27. The second kappa shape index (κ2) is 4.94. The molecule has 0 N–H and O–H groups in total. The van der Waals surface area contributed by atoms with Crippen LogP contribution in [0.5, 0.6) is 0 Å². The van der Waals surface area contributed by atoms with Crippen LogP contribution in [0.15, 0.2) is 23.2 Å². The number of hydrogen-bond acceptors (Lipinski definition) is 4. The lowest BCUT2D eigenvalue weighted by Gasteiger charge is -2.35. The van der Waals surface area contributed by atoms with E-state index in [4.69, 9.17) is 0 Å². The average molecular weight is 321 g/mol. The van der Waals surface area contributed by atoms with Gasteiger partial charge in [0.25, 0.3) is 0 Å². The Kier molecular flexibility index (Phi) is 4.19. The van der Waals surface area contributed by atoms with E-state index in [0.29, 0.717) is 5.82 Å². The van der Waals surface area contributed by atoms with Gasteiger partial charge in [0.2, 0.25) is 0 Å². The zero-order valence-corrected chi connectivity index (χ0v) is 12.8. The highest BCUT2D eigenvalue weighted by molar-refractivity contribution is 9.09. The maximum atomic E-state index is 11.7. The number of alkyl halides is 1. The van der Waals surface area contributed by atoms with Gasteiger partial charge in [-0.1, -0.05) is 15.9 Å². The summed E-state index contributed by atoms with van der Waals surface area (Å²) in [6.45, 7) is 4.03. The van der Waals surface area contributed by atoms with E-state index in [-0.39, 0.29) is 10.4 Å². The third-order valence-electron chi connectivity index (χ3n) is 2.70. The number of aromatic nitrogens is 1. The largest absolute Gasteiger partial charge is 0.353 e. The minimum atomic E-state index is -3.27. The van der Waals surface area contributed by atoms with E-state index in [2.05, 4.69) is 20.9 Å². The van der Waals surface area contributed by atoms with Crippen LogP contribution in [0.1, 0.15) is 13.8 Å². The van der Waals surface area contributed by atoms with Gasteiger partial charge in [-0.15, -0.1) is 0 Å². The third-order valence-corrected chi connectivity index (χ3v) is 5.19. The molecule has 0 aliphatic heterocycles. The van der Waals surface area contributed by atoms with Gasteiger partial charge in [0.15, 0.2) is 9.84 Å². The van der Waals surface area contributed by atoms with Crippen LogP contribution in [-0.2, 0) is 9.84 Å². The van der Waals surface area contributed by atoms with Crippen molar-refractivity contribution in [1.82, 2.24) is 4.98 Å². The first-order valence-corrected chi connectivity index (χ1v) is 8.16. The van der Waals surface area contributed by atoms with Crippen LogP contribution in [0.3, 0.4) is 0 Å². The molecule has 6 heteroatoms. The van der Waals surface area contributed by atoms with Crippen molar-refractivity contribution in [1.29, 1.82) is 0 Å². The number of rotatable bonds is 4. The molecule has 0 bridgehead atoms. The Bertz CT molecular complexity index is 500. The van der Waals surface area contributed by atoms with E-state index < -0.39 is 9.84 Å². The first kappa shape index (κ1) is 14.4. The summed E-state index contributed by atoms with van der Waals surface area (Å²) >= 11 is 3.42. The minimum Gasteiger partial charge on any atom is -0.353 e. The molecule has 0 unspecified atom stereocenters. The molecule has 1 aromatic rings. The smallest absolute Gasteiger partial charge is 0.179 e. The maximum Gasteiger partial charge on any atom is 0.179 e. The van der Waals surface area contributed by atoms with Crippen molar-refractivity contribution in [2.24, 2.45) is 0 Å². The summed E-state index contributed by atoms with van der Waals surface area (Å²) in [7, 11) is -1.42. The third kappa shape index (κ3) is 3.19. The summed E-state index contributed by atoms with van der Waals surface area (Å²) < 4.78 is 23.4. The van der Waals surface area contributed by atoms with Crippen molar-refractivity contribution in [3.05, 3.63) is 18.3 Å². The molecule has 0 aromatic carbocycles. The molecule has 1 rings (SSSR count). The molecular formula is C11H17BrN2O2S. The van der Waals surface area contributed by atoms with Crippen molar-refractivity contribution >= 4 is 31.6 Å². The lowest BCUT2D eigenvalue weighted by molar-refractivity contribution is 0.541. The molecule has 96 valence electrons. The molecule has 0 atom stereocenters. The summed E-state index contributed by atoms with van der Waals surface area (Å²) in [5.74, 6) is 0.486. The summed E-state index contributed by atoms with van der Waals surface area (Å²) in [6, 6.07) is 3.22. The van der Waals surface area contributed by atoms with Gasteiger partial charge >= 0.3 is 0 Å². The van der Waals surface area contributed by atoms with E-state index in [1.165, 1.54) is 6.26 Å². The summed E-state index contributed by atoms with van der Waals surface area (Å²) in [5, 5.41) is 0.719. The SMILES string of the molecule is CN(c1ncccc1S(C)(=O)=O)C(C)(C)CBr. The molecule has 17 heavy (non-hydrogen) atoms. The quantitative estimate of drug-likeness (QED) is 0.797. The van der Waals surface area contributed by atoms with Gasteiger partial charge in [0.1, 0.15) is 10.7 Å². The van der Waals surface area contributed by atoms with Crippen LogP contribution in [-0.4, -0.2) is 37.6 Å². The Morgan fingerprint density at radius 1 is 1.47 bits per heavy atom. The van der Waals surface area contributed by atoms with Gasteiger partial charge in [0.05, 0.1) is 0 Å². The van der Waals surface area contributed by atoms with Crippen LogP contribution in [0.4, 0.5) is 5.82 Å². The van der Waals surface area contributed by atoms with Crippen LogP contribution >= 0.6 is 15.9 Å². The highest BCUT2D eigenvalue weighted by Gasteiger charge is 2.27. The van der Waals surface area contributed by atoms with Gasteiger partial charge in [-0.3, -0.25) is 0 Å². The van der Waals surface area contributed by atoms with Gasteiger partial charge < -0.3 is 4.90 Å². The highest BCUT2D eigenvalue weighted by atomic mass is 79.9. The fourth-order valence-electron chi connectivity index (χ4n) is 1.30. The Morgan fingerprint density at radius 2 is 2.06 bits per heavy atom. The molecule has 1 heterocycles. The molecule has 0 fully saturated rings. The first-order chi connectivity index (χ1) is 7.70. The van der Waals surface area contributed by atoms with Crippen molar-refractivity contribution in [2.45, 2.75) is 24.3 Å². The molecule has 1 aromatic heterocycles. The first-order valence-electron chi connectivity index (χ1n) is 5.15. The molecule has 0 aliphatic rings. The van der Waals surface area contributed by atoms with Gasteiger partial charge in [-0.2, -0.15) is 0 Å². The van der Waals surface area contributed by atoms with Crippen molar-refractivity contribution < 1.29 is 8.42 Å². The Balaban J connectivity index is 3.33. The molecule has 0 saturated heterocycles. The van der Waals surface area contributed by atoms with E-state index in [1.807, 2.05) is 25.8 Å². The van der Waals surface area contributed by atoms with Crippen LogP contribution in [0.2, 0.25) is 0 Å². The summed E-state index contributed by atoms with van der Waals surface area (Å²) in [5.41, 5.74) is -0.214. The maximum absolute atomic E-state index is 11.7. The minimum absolute atomic E-state index is 0.214. The summed E-state index contributed by atoms with van der Waals surface area (Å²) in [4.78, 5) is 6.32. The number of halogens is 1. The van der Waals surface area contributed by atoms with Crippen LogP contribution in [0, 0.1) is 0 Å². The van der Waals surface area contributed by atoms with Crippen molar-refractivity contribution in [2.75, 3.05) is 23.5 Å². The van der Waals surface area contributed by atoms with E-state index in [0.717, 1.165) is 5.33 Å². The van der Waals surface area contributed by atoms with Crippen LogP contribution < -0.4 is 4.90 Å². The fourth-order valence-corrected chi connectivity index (χ4v) is 2.52. The predicted octanol–water partition coefficient (Wildman–Crippen LogP) is 2.09. The topological polar surface area (TPSA) is 50.3 Å². The second-order valence-electron chi connectivity index (χ2n) is 4.60. The van der Waals surface area contributed by atoms with Gasteiger partial charge in [0, 0.05) is 30.4 Å². The Labute approximate surface area is 111 Å². The molecule has 4 nitrogen and oxygen atoms in total. The molecule has 0 amide bonds. The Morgan fingerprint density at radius 3 is 2.53 bits per heavy atom. The lowest BCUT2D eigenvalue weighted by Crippen LogP contribution is -2.43. The van der Waals surface area contributed by atoms with Crippen molar-refractivity contribution in [3.8, 4) is 0 Å². The molecule has 0 radical (unpaired) electrons. The number of hydrogen-bond donors (Lipinski definition) is 0. The molecule has 0 aliphatic carbocycles. The zero-order valence-electron chi connectivity index (χ0n) is 10.4. The molecule has 0 saturated carbocycles. The van der Waals surface area contributed by atoms with E-state index >= 15 is 0 Å². The van der Waals surface area contributed by atoms with Gasteiger partial charge in [-0.05, 0) is 26.0 Å². The predicted molar refractivity (Wildman–Crippen MR) is 73.6 cm³/mol. The number of sulfone groups is 1. The second-order valence-corrected chi connectivity index (χ2v) is 7.15. The number of nitrogens with zero attached hydrogens (tertiary/aromatic N) is 2. The normalized spacial score (nSPS) is 12.5. The number of anilines is 1. The Hall–Kier alpha value is -0.620. The zero-order chi connectivity index (χ0) is 13.3. The highest BCUT2D eigenvalue weighted by Crippen LogP contribution is 2.27. The van der Waals surface area contributed by atoms with Crippen LogP contribution in [0.25, 0.3) is 0 Å². The number of pyridine rings is 1. The van der Waals surface area contributed by atoms with Gasteiger partial charge in [-0.25, -0.2) is 13.4 Å². The molecule has 0 spiro atoms. The monoisotopic (exact) mass is 320 g/mol. The van der Waals surface area contributed by atoms with E-state index in [1.54, 1.807) is 18.3 Å². The standard InChI is InChI=1S/C11H17BrN2O2S/c1-11(2,8-12)14(3)10-9(17(4,15)16)6-5-7-13-10/h5-7H,8H2,1-4H3.